The number of pyridine rings is 1. The fourth-order valence-electron chi connectivity index (χ4n) is 4.79. The molecule has 1 aliphatic carbocycles. The Bertz CT molecular complexity index is 1170. The third-order valence-electron chi connectivity index (χ3n) is 6.58. The number of aromatic nitrogens is 1. The van der Waals surface area contributed by atoms with Crippen LogP contribution in [0.25, 0.3) is 16.7 Å². The van der Waals surface area contributed by atoms with E-state index in [-0.39, 0.29) is 5.78 Å². The van der Waals surface area contributed by atoms with Crippen molar-refractivity contribution in [3.8, 4) is 11.1 Å². The summed E-state index contributed by atoms with van der Waals surface area (Å²) in [5.74, 6) is 0.203. The van der Waals surface area contributed by atoms with E-state index < -0.39 is 0 Å². The van der Waals surface area contributed by atoms with E-state index in [4.69, 9.17) is 4.98 Å². The lowest BCUT2D eigenvalue weighted by molar-refractivity contribution is -0.112. The lowest BCUT2D eigenvalue weighted by Crippen LogP contribution is -2.14. The van der Waals surface area contributed by atoms with Crippen LogP contribution in [-0.4, -0.2) is 23.0 Å². The number of nitrogens with zero attached hydrogens (tertiary/aromatic N) is 2. The maximum Gasteiger partial charge on any atom is 0.167 e. The Morgan fingerprint density at radius 3 is 2.83 bits per heavy atom. The van der Waals surface area contributed by atoms with Gasteiger partial charge in [-0.15, -0.1) is 0 Å². The number of hydrogen-bond acceptors (Lipinski definition) is 4. The highest BCUT2D eigenvalue weighted by atomic mass is 16.1. The number of nitrogens with one attached hydrogen (secondary N) is 1. The minimum atomic E-state index is 0.203. The van der Waals surface area contributed by atoms with E-state index in [1.165, 1.54) is 22.5 Å². The van der Waals surface area contributed by atoms with Gasteiger partial charge in [-0.2, -0.15) is 0 Å². The number of ketones is 1. The quantitative estimate of drug-likeness (QED) is 0.701. The summed E-state index contributed by atoms with van der Waals surface area (Å²) in [5.41, 5.74) is 12.3. The summed E-state index contributed by atoms with van der Waals surface area (Å²) in [6, 6.07) is 6.42. The van der Waals surface area contributed by atoms with Crippen molar-refractivity contribution in [2.24, 2.45) is 4.99 Å². The Labute approximate surface area is 177 Å². The second-order valence-electron chi connectivity index (χ2n) is 8.50. The number of aryl methyl sites for hydroxylation is 1. The molecule has 0 radical (unpaired) electrons. The molecule has 152 valence electrons. The Morgan fingerprint density at radius 2 is 2.03 bits per heavy atom. The van der Waals surface area contributed by atoms with E-state index in [1.54, 1.807) is 0 Å². The van der Waals surface area contributed by atoms with E-state index in [0.717, 1.165) is 71.4 Å². The van der Waals surface area contributed by atoms with Gasteiger partial charge in [0.2, 0.25) is 0 Å². The largest absolute Gasteiger partial charge is 0.383 e. The predicted octanol–water partition coefficient (Wildman–Crippen LogP) is 5.45. The third kappa shape index (κ3) is 3.11. The molecule has 0 amide bonds. The summed E-state index contributed by atoms with van der Waals surface area (Å²) in [5, 5.41) is 3.53. The molecule has 30 heavy (non-hydrogen) atoms. The minimum absolute atomic E-state index is 0.203. The molecule has 4 heteroatoms. The number of rotatable bonds is 3. The van der Waals surface area contributed by atoms with Crippen molar-refractivity contribution < 1.29 is 4.79 Å². The number of carbonyl (C=O) groups excluding carboxylic acids is 1. The van der Waals surface area contributed by atoms with Crippen molar-refractivity contribution in [1.29, 1.82) is 0 Å². The minimum Gasteiger partial charge on any atom is -0.383 e. The second-order valence-corrected chi connectivity index (χ2v) is 8.50. The van der Waals surface area contributed by atoms with Gasteiger partial charge in [0.25, 0.3) is 0 Å². The van der Waals surface area contributed by atoms with Crippen molar-refractivity contribution in [2.45, 2.75) is 52.9 Å². The molecule has 0 atom stereocenters. The van der Waals surface area contributed by atoms with Crippen LogP contribution in [0, 0.1) is 6.92 Å². The van der Waals surface area contributed by atoms with Gasteiger partial charge < -0.3 is 5.32 Å². The van der Waals surface area contributed by atoms with E-state index in [9.17, 15) is 4.79 Å². The molecule has 0 unspecified atom stereocenters. The van der Waals surface area contributed by atoms with Crippen LogP contribution in [-0.2, 0) is 17.6 Å². The first-order chi connectivity index (χ1) is 14.5. The van der Waals surface area contributed by atoms with Gasteiger partial charge in [0.15, 0.2) is 5.78 Å². The fraction of sp³-hybridized carbons (Fsp3) is 0.346. The van der Waals surface area contributed by atoms with E-state index in [1.807, 2.05) is 13.1 Å². The van der Waals surface area contributed by atoms with Gasteiger partial charge in [0.1, 0.15) is 0 Å². The predicted molar refractivity (Wildman–Crippen MR) is 123 cm³/mol. The molecule has 3 heterocycles. The topological polar surface area (TPSA) is 54.4 Å². The highest BCUT2D eigenvalue weighted by Gasteiger charge is 2.27. The summed E-state index contributed by atoms with van der Waals surface area (Å²) in [7, 11) is 0. The van der Waals surface area contributed by atoms with Gasteiger partial charge in [0.05, 0.1) is 11.4 Å². The van der Waals surface area contributed by atoms with Gasteiger partial charge in [-0.1, -0.05) is 19.1 Å². The smallest absolute Gasteiger partial charge is 0.167 e. The first-order valence-corrected chi connectivity index (χ1v) is 10.9. The molecule has 0 fully saturated rings. The van der Waals surface area contributed by atoms with E-state index >= 15 is 0 Å². The van der Waals surface area contributed by atoms with Gasteiger partial charge in [-0.3, -0.25) is 14.8 Å². The number of anilines is 1. The van der Waals surface area contributed by atoms with E-state index in [0.29, 0.717) is 6.42 Å². The van der Waals surface area contributed by atoms with Crippen molar-refractivity contribution >= 4 is 22.8 Å². The standard InChI is InChI=1S/C26H27N3O/c1-4-20-10-19(16(3)29-20)12-22-21-11-17(7-8-18(21)13-25(22)30)23-14-28-24-6-5-9-27-26(24)15(23)2/h7-8,11-12,14,27H,4-6,9-10,13H2,1-3H3/b22-12-. The maximum atomic E-state index is 12.8. The number of fused-ring (bicyclic) bond motifs is 2. The Kier molecular flexibility index (Phi) is 4.65. The number of allylic oxidation sites excluding steroid dienone is 4. The molecular weight excluding hydrogens is 370 g/mol. The first-order valence-electron chi connectivity index (χ1n) is 10.9. The van der Waals surface area contributed by atoms with Crippen LogP contribution in [0.15, 0.2) is 46.7 Å². The monoisotopic (exact) mass is 397 g/mol. The summed E-state index contributed by atoms with van der Waals surface area (Å²) >= 11 is 0. The molecule has 0 bridgehead atoms. The number of benzene rings is 1. The van der Waals surface area contributed by atoms with E-state index in [2.05, 4.69) is 48.4 Å². The highest BCUT2D eigenvalue weighted by Crippen LogP contribution is 2.38. The summed E-state index contributed by atoms with van der Waals surface area (Å²) in [6.45, 7) is 7.34. The maximum absolute atomic E-state index is 12.8. The van der Waals surface area contributed by atoms with Crippen LogP contribution in [0.1, 0.15) is 55.5 Å². The average molecular weight is 398 g/mol. The average Bonchev–Trinajstić information content (AvgIpc) is 3.27. The van der Waals surface area contributed by atoms with Crippen LogP contribution in [0.2, 0.25) is 0 Å². The molecule has 4 nitrogen and oxygen atoms in total. The van der Waals surface area contributed by atoms with Gasteiger partial charge in [-0.05, 0) is 73.1 Å². The lowest BCUT2D eigenvalue weighted by atomic mass is 9.94. The van der Waals surface area contributed by atoms with Crippen LogP contribution in [0.5, 0.6) is 0 Å². The molecule has 3 aliphatic rings. The van der Waals surface area contributed by atoms with Gasteiger partial charge in [-0.25, -0.2) is 0 Å². The molecule has 5 rings (SSSR count). The summed E-state index contributed by atoms with van der Waals surface area (Å²) in [6.07, 6.45) is 8.54. The van der Waals surface area contributed by atoms with Crippen LogP contribution in [0.4, 0.5) is 5.69 Å². The SMILES string of the molecule is CCC1=NC(C)=C(/C=C2\C(=O)Cc3ccc(-c4cnc5c(c4C)NCCC5)cc32)C1. The highest BCUT2D eigenvalue weighted by molar-refractivity contribution is 6.26. The van der Waals surface area contributed by atoms with Crippen molar-refractivity contribution in [3.63, 3.8) is 0 Å². The Hall–Kier alpha value is -3.01. The zero-order valence-electron chi connectivity index (χ0n) is 17.9. The fourth-order valence-corrected chi connectivity index (χ4v) is 4.79. The van der Waals surface area contributed by atoms with Crippen molar-refractivity contribution in [3.05, 3.63) is 64.1 Å². The molecule has 2 aromatic rings. The molecule has 1 aromatic heterocycles. The molecule has 0 spiro atoms. The Balaban J connectivity index is 1.56. The van der Waals surface area contributed by atoms with Crippen LogP contribution in [0.3, 0.4) is 0 Å². The second kappa shape index (κ2) is 7.35. The van der Waals surface area contributed by atoms with Gasteiger partial charge >= 0.3 is 0 Å². The molecule has 1 aromatic carbocycles. The van der Waals surface area contributed by atoms with Crippen LogP contribution >= 0.6 is 0 Å². The number of Topliss-reactive ketones (excluding diaryl/α,β-unsaturated/α-hetero) is 1. The number of carbonyl (C=O) groups is 1. The summed E-state index contributed by atoms with van der Waals surface area (Å²) in [4.78, 5) is 22.2. The lowest BCUT2D eigenvalue weighted by Gasteiger charge is -2.21. The van der Waals surface area contributed by atoms with Crippen LogP contribution < -0.4 is 5.32 Å². The molecule has 1 N–H and O–H groups in total. The summed E-state index contributed by atoms with van der Waals surface area (Å²) < 4.78 is 0. The molecule has 2 aliphatic heterocycles. The molecular formula is C26H27N3O. The molecule has 0 saturated heterocycles. The zero-order valence-corrected chi connectivity index (χ0v) is 17.9. The zero-order chi connectivity index (χ0) is 20.8. The third-order valence-corrected chi connectivity index (χ3v) is 6.58. The first kappa shape index (κ1) is 19.0. The van der Waals surface area contributed by atoms with Crippen molar-refractivity contribution in [1.82, 2.24) is 4.98 Å². The normalized spacial score (nSPS) is 19.1. The molecule has 0 saturated carbocycles. The van der Waals surface area contributed by atoms with Crippen molar-refractivity contribution in [2.75, 3.05) is 11.9 Å². The van der Waals surface area contributed by atoms with Gasteiger partial charge in [0, 0.05) is 48.1 Å². The number of hydrogen-bond donors (Lipinski definition) is 1. The Morgan fingerprint density at radius 1 is 1.17 bits per heavy atom. The number of aliphatic imine (C=N–C) groups is 1.